The summed E-state index contributed by atoms with van der Waals surface area (Å²) in [5.74, 6) is -1.18. The molecule has 19 heavy (non-hydrogen) atoms. The summed E-state index contributed by atoms with van der Waals surface area (Å²) in [4.78, 5) is 21.7. The van der Waals surface area contributed by atoms with Crippen LogP contribution in [0.3, 0.4) is 0 Å². The van der Waals surface area contributed by atoms with Crippen LogP contribution in [-0.4, -0.2) is 31.3 Å². The van der Waals surface area contributed by atoms with Crippen LogP contribution in [0.5, 0.6) is 17.2 Å². The van der Waals surface area contributed by atoms with Crippen molar-refractivity contribution in [3.8, 4) is 17.2 Å². The molecule has 1 rings (SSSR count). The van der Waals surface area contributed by atoms with E-state index in [1.54, 1.807) is 0 Å². The van der Waals surface area contributed by atoms with Gasteiger partial charge in [0.2, 0.25) is 5.75 Å². The van der Waals surface area contributed by atoms with Gasteiger partial charge in [-0.15, -0.1) is 0 Å². The SMILES string of the molecule is COc1cc(/C=C/C(=O)OC(C)=O)cc(OC)c1O. The maximum Gasteiger partial charge on any atom is 0.338 e. The van der Waals surface area contributed by atoms with Gasteiger partial charge >= 0.3 is 11.9 Å². The van der Waals surface area contributed by atoms with Crippen LogP contribution >= 0.6 is 0 Å². The lowest BCUT2D eigenvalue weighted by Crippen LogP contribution is -2.05. The second-order valence-corrected chi connectivity index (χ2v) is 3.52. The number of methoxy groups -OCH3 is 2. The van der Waals surface area contributed by atoms with E-state index in [1.807, 2.05) is 0 Å². The minimum Gasteiger partial charge on any atom is -0.502 e. The first kappa shape index (κ1) is 14.6. The fourth-order valence-corrected chi connectivity index (χ4v) is 1.35. The molecule has 0 amide bonds. The number of rotatable bonds is 4. The van der Waals surface area contributed by atoms with Gasteiger partial charge in [0.1, 0.15) is 0 Å². The molecular formula is C13H14O6. The van der Waals surface area contributed by atoms with Crippen LogP contribution in [0.2, 0.25) is 0 Å². The number of hydrogen-bond donors (Lipinski definition) is 1. The molecule has 0 saturated carbocycles. The molecule has 0 heterocycles. The van der Waals surface area contributed by atoms with Gasteiger partial charge in [-0.2, -0.15) is 0 Å². The van der Waals surface area contributed by atoms with E-state index in [0.717, 1.165) is 13.0 Å². The Morgan fingerprint density at radius 1 is 1.16 bits per heavy atom. The van der Waals surface area contributed by atoms with E-state index >= 15 is 0 Å². The van der Waals surface area contributed by atoms with E-state index < -0.39 is 11.9 Å². The zero-order chi connectivity index (χ0) is 14.4. The lowest BCUT2D eigenvalue weighted by atomic mass is 10.1. The number of hydrogen-bond acceptors (Lipinski definition) is 6. The highest BCUT2D eigenvalue weighted by Crippen LogP contribution is 2.37. The predicted octanol–water partition coefficient (Wildman–Crippen LogP) is 1.51. The van der Waals surface area contributed by atoms with Crippen LogP contribution in [0.15, 0.2) is 18.2 Å². The molecule has 0 unspecified atom stereocenters. The summed E-state index contributed by atoms with van der Waals surface area (Å²) < 4.78 is 14.3. The Hall–Kier alpha value is -2.50. The summed E-state index contributed by atoms with van der Waals surface area (Å²) >= 11 is 0. The first-order valence-corrected chi connectivity index (χ1v) is 5.33. The molecule has 0 aliphatic heterocycles. The van der Waals surface area contributed by atoms with Crippen molar-refractivity contribution in [3.05, 3.63) is 23.8 Å². The lowest BCUT2D eigenvalue weighted by Gasteiger charge is -2.09. The van der Waals surface area contributed by atoms with Crippen LogP contribution in [0.4, 0.5) is 0 Å². The zero-order valence-electron chi connectivity index (χ0n) is 10.8. The molecule has 0 atom stereocenters. The molecule has 0 radical (unpaired) electrons. The van der Waals surface area contributed by atoms with Crippen LogP contribution in [0, 0.1) is 0 Å². The molecule has 1 aromatic carbocycles. The van der Waals surface area contributed by atoms with Gasteiger partial charge in [-0.1, -0.05) is 0 Å². The number of ether oxygens (including phenoxy) is 3. The summed E-state index contributed by atoms with van der Waals surface area (Å²) in [6, 6.07) is 3.02. The van der Waals surface area contributed by atoms with E-state index in [4.69, 9.17) is 9.47 Å². The fraction of sp³-hybridized carbons (Fsp3) is 0.231. The molecule has 1 aromatic rings. The topological polar surface area (TPSA) is 82.1 Å². The van der Waals surface area contributed by atoms with E-state index in [-0.39, 0.29) is 17.2 Å². The summed E-state index contributed by atoms with van der Waals surface area (Å²) in [5.41, 5.74) is 0.548. The molecule has 0 aliphatic rings. The smallest absolute Gasteiger partial charge is 0.338 e. The molecule has 1 N–H and O–H groups in total. The Bertz CT molecular complexity index is 493. The maximum atomic E-state index is 11.2. The number of carbonyl (C=O) groups excluding carboxylic acids is 2. The van der Waals surface area contributed by atoms with Crippen molar-refractivity contribution in [3.63, 3.8) is 0 Å². The Kier molecular flexibility index (Phi) is 4.93. The quantitative estimate of drug-likeness (QED) is 0.505. The van der Waals surface area contributed by atoms with Crippen LogP contribution in [0.1, 0.15) is 12.5 Å². The molecular weight excluding hydrogens is 252 g/mol. The van der Waals surface area contributed by atoms with Crippen LogP contribution in [-0.2, 0) is 14.3 Å². The molecule has 6 nitrogen and oxygen atoms in total. The highest BCUT2D eigenvalue weighted by Gasteiger charge is 2.10. The summed E-state index contributed by atoms with van der Waals surface area (Å²) in [5, 5.41) is 9.70. The van der Waals surface area contributed by atoms with Crippen LogP contribution < -0.4 is 9.47 Å². The lowest BCUT2D eigenvalue weighted by molar-refractivity contribution is -0.154. The first-order chi connectivity index (χ1) is 8.97. The van der Waals surface area contributed by atoms with Gasteiger partial charge in [0.25, 0.3) is 0 Å². The standard InChI is InChI=1S/C13H14O6/c1-8(14)19-12(15)5-4-9-6-10(17-2)13(16)11(7-9)18-3/h4-7,16H,1-3H3/b5-4+. The van der Waals surface area contributed by atoms with Crippen molar-refractivity contribution >= 4 is 18.0 Å². The predicted molar refractivity (Wildman–Crippen MR) is 67.0 cm³/mol. The monoisotopic (exact) mass is 266 g/mol. The van der Waals surface area contributed by atoms with Gasteiger partial charge in [-0.05, 0) is 23.8 Å². The van der Waals surface area contributed by atoms with Crippen molar-refractivity contribution in [2.75, 3.05) is 14.2 Å². The summed E-state index contributed by atoms with van der Waals surface area (Å²) in [6.07, 6.45) is 2.50. The third-order valence-corrected chi connectivity index (χ3v) is 2.16. The van der Waals surface area contributed by atoms with Crippen LogP contribution in [0.25, 0.3) is 6.08 Å². The van der Waals surface area contributed by atoms with E-state index in [9.17, 15) is 14.7 Å². The third kappa shape index (κ3) is 4.02. The largest absolute Gasteiger partial charge is 0.502 e. The van der Waals surface area contributed by atoms with Gasteiger partial charge in [-0.3, -0.25) is 4.79 Å². The van der Waals surface area contributed by atoms with Crippen molar-refractivity contribution in [1.29, 1.82) is 0 Å². The number of phenols is 1. The number of aromatic hydroxyl groups is 1. The maximum absolute atomic E-state index is 11.2. The molecule has 6 heteroatoms. The highest BCUT2D eigenvalue weighted by molar-refractivity contribution is 5.94. The minimum atomic E-state index is -0.779. The molecule has 0 fully saturated rings. The molecule has 0 aromatic heterocycles. The second kappa shape index (κ2) is 6.44. The van der Waals surface area contributed by atoms with E-state index in [2.05, 4.69) is 4.74 Å². The Morgan fingerprint density at radius 3 is 2.11 bits per heavy atom. The number of esters is 2. The average molecular weight is 266 g/mol. The van der Waals surface area contributed by atoms with Crippen molar-refractivity contribution in [2.24, 2.45) is 0 Å². The molecule has 0 bridgehead atoms. The van der Waals surface area contributed by atoms with Gasteiger partial charge < -0.3 is 19.3 Å². The number of carbonyl (C=O) groups is 2. The first-order valence-electron chi connectivity index (χ1n) is 5.33. The van der Waals surface area contributed by atoms with E-state index in [1.165, 1.54) is 32.4 Å². The highest BCUT2D eigenvalue weighted by atomic mass is 16.6. The van der Waals surface area contributed by atoms with Crippen molar-refractivity contribution < 1.29 is 28.9 Å². The zero-order valence-corrected chi connectivity index (χ0v) is 10.8. The second-order valence-electron chi connectivity index (χ2n) is 3.52. The fourth-order valence-electron chi connectivity index (χ4n) is 1.35. The third-order valence-electron chi connectivity index (χ3n) is 2.16. The molecule has 0 saturated heterocycles. The Morgan fingerprint density at radius 2 is 1.68 bits per heavy atom. The van der Waals surface area contributed by atoms with Gasteiger partial charge in [-0.25, -0.2) is 4.79 Å². The normalized spacial score (nSPS) is 10.3. The van der Waals surface area contributed by atoms with Gasteiger partial charge in [0.15, 0.2) is 11.5 Å². The number of phenolic OH excluding ortho intramolecular Hbond substituents is 1. The molecule has 0 aliphatic carbocycles. The Balaban J connectivity index is 2.98. The van der Waals surface area contributed by atoms with Crippen molar-refractivity contribution in [1.82, 2.24) is 0 Å². The Labute approximate surface area is 110 Å². The average Bonchev–Trinajstić information content (AvgIpc) is 2.36. The number of benzene rings is 1. The summed E-state index contributed by atoms with van der Waals surface area (Å²) in [6.45, 7) is 1.14. The molecule has 0 spiro atoms. The summed E-state index contributed by atoms with van der Waals surface area (Å²) in [7, 11) is 2.79. The minimum absolute atomic E-state index is 0.131. The van der Waals surface area contributed by atoms with E-state index in [0.29, 0.717) is 5.56 Å². The van der Waals surface area contributed by atoms with Gasteiger partial charge in [0.05, 0.1) is 14.2 Å². The van der Waals surface area contributed by atoms with Crippen molar-refractivity contribution in [2.45, 2.75) is 6.92 Å². The van der Waals surface area contributed by atoms with Gasteiger partial charge in [0, 0.05) is 13.0 Å². The molecule has 102 valence electrons.